The van der Waals surface area contributed by atoms with Crippen molar-refractivity contribution in [3.8, 4) is 34.1 Å². The molecule has 31 heavy (non-hydrogen) atoms. The van der Waals surface area contributed by atoms with E-state index >= 15 is 0 Å². The van der Waals surface area contributed by atoms with E-state index in [-0.39, 0.29) is 0 Å². The van der Waals surface area contributed by atoms with Crippen molar-refractivity contribution < 1.29 is 8.94 Å². The summed E-state index contributed by atoms with van der Waals surface area (Å²) in [5.41, 5.74) is 3.18. The maximum atomic E-state index is 5.93. The number of halogens is 1. The van der Waals surface area contributed by atoms with Crippen LogP contribution in [0.25, 0.3) is 34.1 Å². The molecule has 0 unspecified atom stereocenters. The maximum Gasteiger partial charge on any atom is 0.253 e. The first-order valence-electron chi connectivity index (χ1n) is 9.33. The zero-order valence-electron chi connectivity index (χ0n) is 16.2. The third-order valence-corrected chi connectivity index (χ3v) is 5.58. The summed E-state index contributed by atoms with van der Waals surface area (Å²) in [6, 6.07) is 17.1. The van der Waals surface area contributed by atoms with Crippen LogP contribution in [0.2, 0.25) is 5.02 Å². The summed E-state index contributed by atoms with van der Waals surface area (Å²) < 4.78 is 11.3. The highest BCUT2D eigenvalue weighted by atomic mass is 35.5. The van der Waals surface area contributed by atoms with Crippen LogP contribution in [0.5, 0.6) is 0 Å². The van der Waals surface area contributed by atoms with Gasteiger partial charge in [-0.1, -0.05) is 58.9 Å². The average Bonchev–Trinajstić information content (AvgIpc) is 3.53. The van der Waals surface area contributed by atoms with Crippen LogP contribution in [0, 0.1) is 6.92 Å². The van der Waals surface area contributed by atoms with Crippen molar-refractivity contribution in [2.45, 2.75) is 17.8 Å². The summed E-state index contributed by atoms with van der Waals surface area (Å²) in [6.07, 6.45) is 0. The fourth-order valence-corrected chi connectivity index (χ4v) is 3.77. The highest BCUT2D eigenvalue weighted by molar-refractivity contribution is 7.98. The van der Waals surface area contributed by atoms with Crippen LogP contribution < -0.4 is 0 Å². The third kappa shape index (κ3) is 4.10. The molecule has 154 valence electrons. The first-order chi connectivity index (χ1) is 15.2. The van der Waals surface area contributed by atoms with E-state index in [4.69, 9.17) is 20.5 Å². The molecule has 0 amide bonds. The second kappa shape index (κ2) is 8.37. The summed E-state index contributed by atoms with van der Waals surface area (Å²) in [5.74, 6) is 2.53. The van der Waals surface area contributed by atoms with E-state index < -0.39 is 0 Å². The zero-order valence-corrected chi connectivity index (χ0v) is 17.8. The molecule has 8 nitrogen and oxygen atoms in total. The molecule has 10 heteroatoms. The molecule has 3 aromatic heterocycles. The van der Waals surface area contributed by atoms with Gasteiger partial charge in [-0.05, 0) is 31.2 Å². The van der Waals surface area contributed by atoms with Gasteiger partial charge in [0, 0.05) is 16.1 Å². The molecule has 2 aromatic carbocycles. The van der Waals surface area contributed by atoms with E-state index in [2.05, 4.69) is 30.5 Å². The average molecular weight is 451 g/mol. The van der Waals surface area contributed by atoms with Crippen LogP contribution >= 0.6 is 23.4 Å². The SMILES string of the molecule is Cc1onc(-c2ccccc2)c1-c1nnc(CSc2n[nH]c(-c3ccc(Cl)cc3)n2)o1. The summed E-state index contributed by atoms with van der Waals surface area (Å²) in [7, 11) is 0. The van der Waals surface area contributed by atoms with E-state index in [9.17, 15) is 0 Å². The topological polar surface area (TPSA) is 107 Å². The fraction of sp³-hybridized carbons (Fsp3) is 0.0952. The summed E-state index contributed by atoms with van der Waals surface area (Å²) in [5, 5.41) is 20.9. The van der Waals surface area contributed by atoms with Crippen LogP contribution in [-0.4, -0.2) is 30.5 Å². The first-order valence-corrected chi connectivity index (χ1v) is 10.7. The first kappa shape index (κ1) is 19.5. The van der Waals surface area contributed by atoms with Crippen LogP contribution in [0.1, 0.15) is 11.7 Å². The number of aryl methyl sites for hydroxylation is 1. The lowest BCUT2D eigenvalue weighted by Crippen LogP contribution is -1.84. The lowest BCUT2D eigenvalue weighted by molar-refractivity contribution is 0.399. The van der Waals surface area contributed by atoms with Gasteiger partial charge in [-0.2, -0.15) is 0 Å². The van der Waals surface area contributed by atoms with Crippen LogP contribution in [-0.2, 0) is 5.75 Å². The number of benzene rings is 2. The fourth-order valence-electron chi connectivity index (χ4n) is 3.00. The smallest absolute Gasteiger partial charge is 0.253 e. The predicted molar refractivity (Wildman–Crippen MR) is 116 cm³/mol. The molecule has 0 bridgehead atoms. The van der Waals surface area contributed by atoms with Gasteiger partial charge in [0.05, 0.1) is 5.75 Å². The zero-order chi connectivity index (χ0) is 21.2. The van der Waals surface area contributed by atoms with E-state index in [0.29, 0.717) is 50.6 Å². The Morgan fingerprint density at radius 1 is 1.00 bits per heavy atom. The van der Waals surface area contributed by atoms with Gasteiger partial charge in [-0.25, -0.2) is 4.98 Å². The summed E-state index contributed by atoms with van der Waals surface area (Å²) in [4.78, 5) is 4.49. The van der Waals surface area contributed by atoms with Gasteiger partial charge in [0.2, 0.25) is 11.0 Å². The monoisotopic (exact) mass is 450 g/mol. The van der Waals surface area contributed by atoms with Gasteiger partial charge in [0.1, 0.15) is 17.0 Å². The van der Waals surface area contributed by atoms with Crippen LogP contribution in [0.4, 0.5) is 0 Å². The van der Waals surface area contributed by atoms with Crippen LogP contribution in [0.15, 0.2) is 68.7 Å². The molecule has 0 radical (unpaired) electrons. The van der Waals surface area contributed by atoms with Crippen molar-refractivity contribution in [1.82, 2.24) is 30.5 Å². The number of hydrogen-bond donors (Lipinski definition) is 1. The number of hydrogen-bond acceptors (Lipinski definition) is 8. The minimum absolute atomic E-state index is 0.366. The van der Waals surface area contributed by atoms with E-state index in [0.717, 1.165) is 11.1 Å². The van der Waals surface area contributed by atoms with E-state index in [1.807, 2.05) is 61.5 Å². The van der Waals surface area contributed by atoms with Crippen molar-refractivity contribution in [3.05, 3.63) is 71.3 Å². The number of H-pyrrole nitrogens is 1. The molecule has 5 rings (SSSR count). The quantitative estimate of drug-likeness (QED) is 0.341. The second-order valence-corrected chi connectivity index (χ2v) is 7.97. The molecule has 0 aliphatic carbocycles. The number of nitrogens with one attached hydrogen (secondary N) is 1. The van der Waals surface area contributed by atoms with Crippen LogP contribution in [0.3, 0.4) is 0 Å². The highest BCUT2D eigenvalue weighted by Gasteiger charge is 2.22. The standard InChI is InChI=1S/C21H15ClN6O2S/c1-12-17(18(28-30-12)13-5-3-2-4-6-13)20-26-24-16(29-20)11-31-21-23-19(25-27-21)14-7-9-15(22)10-8-14/h2-10H,11H2,1H3,(H,23,25,27). The van der Waals surface area contributed by atoms with Gasteiger partial charge < -0.3 is 8.94 Å². The molecule has 0 saturated heterocycles. The molecule has 0 atom stereocenters. The lowest BCUT2D eigenvalue weighted by atomic mass is 10.1. The van der Waals surface area contributed by atoms with Crippen molar-refractivity contribution in [1.29, 1.82) is 0 Å². The Bertz CT molecular complexity index is 1310. The van der Waals surface area contributed by atoms with E-state index in [1.165, 1.54) is 11.8 Å². The van der Waals surface area contributed by atoms with Gasteiger partial charge in [0.25, 0.3) is 5.89 Å². The molecule has 0 fully saturated rings. The Balaban J connectivity index is 1.32. The van der Waals surface area contributed by atoms with Crippen molar-refractivity contribution in [2.75, 3.05) is 0 Å². The number of nitrogens with zero attached hydrogens (tertiary/aromatic N) is 5. The summed E-state index contributed by atoms with van der Waals surface area (Å²) >= 11 is 7.32. The Labute approximate surface area is 186 Å². The number of rotatable bonds is 6. The van der Waals surface area contributed by atoms with Gasteiger partial charge >= 0.3 is 0 Å². The van der Waals surface area contributed by atoms with Gasteiger partial charge in [-0.15, -0.1) is 15.3 Å². The number of thioether (sulfide) groups is 1. The van der Waals surface area contributed by atoms with Crippen molar-refractivity contribution >= 4 is 23.4 Å². The molecule has 0 aliphatic heterocycles. The Hall–Kier alpha value is -3.43. The largest absolute Gasteiger partial charge is 0.420 e. The summed E-state index contributed by atoms with van der Waals surface area (Å²) in [6.45, 7) is 1.82. The van der Waals surface area contributed by atoms with Crippen molar-refractivity contribution in [3.63, 3.8) is 0 Å². The van der Waals surface area contributed by atoms with E-state index in [1.54, 1.807) is 0 Å². The minimum Gasteiger partial charge on any atom is -0.420 e. The minimum atomic E-state index is 0.366. The highest BCUT2D eigenvalue weighted by Crippen LogP contribution is 2.34. The molecule has 0 saturated carbocycles. The lowest BCUT2D eigenvalue weighted by Gasteiger charge is -1.98. The third-order valence-electron chi connectivity index (χ3n) is 4.50. The molecule has 3 heterocycles. The second-order valence-electron chi connectivity index (χ2n) is 6.59. The number of aromatic amines is 1. The molecule has 1 N–H and O–H groups in total. The molecule has 0 spiro atoms. The maximum absolute atomic E-state index is 5.93. The Kier molecular flexibility index (Phi) is 5.27. The normalized spacial score (nSPS) is 11.2. The van der Waals surface area contributed by atoms with Gasteiger partial charge in [0.15, 0.2) is 5.82 Å². The molecular formula is C21H15ClN6O2S. The molecular weight excluding hydrogens is 436 g/mol. The molecule has 0 aliphatic rings. The Morgan fingerprint density at radius 2 is 1.81 bits per heavy atom. The van der Waals surface area contributed by atoms with Gasteiger partial charge in [-0.3, -0.25) is 5.10 Å². The van der Waals surface area contributed by atoms with Crippen molar-refractivity contribution in [2.24, 2.45) is 0 Å². The Morgan fingerprint density at radius 3 is 2.61 bits per heavy atom. The molecule has 5 aromatic rings. The predicted octanol–water partition coefficient (Wildman–Crippen LogP) is 5.43. The number of aromatic nitrogens is 6.